The number of hydrogen-bond donors (Lipinski definition) is 1. The number of carboxylic acids is 1. The van der Waals surface area contributed by atoms with E-state index in [-0.39, 0.29) is 0 Å². The Bertz CT molecular complexity index is 408. The molecule has 0 unspecified atom stereocenters. The zero-order valence-electron chi connectivity index (χ0n) is 9.56. The third kappa shape index (κ3) is 2.09. The lowest BCUT2D eigenvalue weighted by atomic mass is 9.96. The zero-order chi connectivity index (χ0) is 11.8. The van der Waals surface area contributed by atoms with Gasteiger partial charge < -0.3 is 5.11 Å². The lowest BCUT2D eigenvalue weighted by Gasteiger charge is -2.12. The molecule has 2 nitrogen and oxygen atoms in total. The quantitative estimate of drug-likeness (QED) is 0.815. The molecule has 2 rings (SSSR count). The Hall–Kier alpha value is -0.960. The van der Waals surface area contributed by atoms with Crippen LogP contribution in [0.3, 0.4) is 0 Å². The van der Waals surface area contributed by atoms with Gasteiger partial charge >= 0.3 is 5.97 Å². The molecular weight excluding hydrogens is 220 g/mol. The average molecular weight is 236 g/mol. The molecule has 0 radical (unpaired) electrons. The number of carboxylic acid groups (broad SMARTS) is 1. The molecule has 3 heteroatoms. The lowest BCUT2D eigenvalue weighted by Crippen LogP contribution is -2.19. The van der Waals surface area contributed by atoms with Gasteiger partial charge in [0.2, 0.25) is 0 Å². The highest BCUT2D eigenvalue weighted by Gasteiger charge is 2.51. The van der Waals surface area contributed by atoms with Crippen molar-refractivity contribution in [3.8, 4) is 0 Å². The van der Waals surface area contributed by atoms with Crippen LogP contribution >= 0.6 is 11.8 Å². The molecule has 1 aromatic carbocycles. The summed E-state index contributed by atoms with van der Waals surface area (Å²) in [5.41, 5.74) is 0.388. The van der Waals surface area contributed by atoms with Gasteiger partial charge in [-0.25, -0.2) is 0 Å². The standard InChI is InChI=1S/C13H16O2S/c1-9(2)16-11-5-3-4-10(8-11)13(6-7-13)12(14)15/h3-5,8-9H,6-7H2,1-2H3,(H,14,15). The van der Waals surface area contributed by atoms with E-state index in [0.717, 1.165) is 18.4 Å². The minimum Gasteiger partial charge on any atom is -0.481 e. The summed E-state index contributed by atoms with van der Waals surface area (Å²) in [6, 6.07) is 7.98. The molecule has 0 amide bonds. The summed E-state index contributed by atoms with van der Waals surface area (Å²) in [5, 5.41) is 9.75. The zero-order valence-corrected chi connectivity index (χ0v) is 10.4. The fourth-order valence-corrected chi connectivity index (χ4v) is 2.79. The van der Waals surface area contributed by atoms with E-state index in [2.05, 4.69) is 13.8 Å². The molecule has 16 heavy (non-hydrogen) atoms. The molecule has 1 aromatic rings. The molecule has 1 fully saturated rings. The average Bonchev–Trinajstić information content (AvgIpc) is 2.97. The predicted molar refractivity (Wildman–Crippen MR) is 66.0 cm³/mol. The van der Waals surface area contributed by atoms with E-state index >= 15 is 0 Å². The van der Waals surface area contributed by atoms with Crippen LogP contribution in [0.1, 0.15) is 32.3 Å². The molecule has 1 saturated carbocycles. The summed E-state index contributed by atoms with van der Waals surface area (Å²) in [6.45, 7) is 4.28. The molecule has 0 atom stereocenters. The summed E-state index contributed by atoms with van der Waals surface area (Å²) in [7, 11) is 0. The summed E-state index contributed by atoms with van der Waals surface area (Å²) in [4.78, 5) is 12.4. The normalized spacial score (nSPS) is 17.4. The Morgan fingerprint density at radius 2 is 2.12 bits per heavy atom. The highest BCUT2D eigenvalue weighted by molar-refractivity contribution is 7.99. The molecule has 1 N–H and O–H groups in total. The molecule has 0 spiro atoms. The maximum atomic E-state index is 11.2. The fraction of sp³-hybridized carbons (Fsp3) is 0.462. The van der Waals surface area contributed by atoms with Crippen LogP contribution in [-0.2, 0) is 10.2 Å². The second kappa shape index (κ2) is 4.13. The maximum absolute atomic E-state index is 11.2. The van der Waals surface area contributed by atoms with Crippen LogP contribution in [0.5, 0.6) is 0 Å². The molecule has 1 aliphatic rings. The molecule has 0 heterocycles. The smallest absolute Gasteiger partial charge is 0.314 e. The van der Waals surface area contributed by atoms with Crippen molar-refractivity contribution in [2.24, 2.45) is 0 Å². The van der Waals surface area contributed by atoms with Crippen molar-refractivity contribution in [2.45, 2.75) is 42.2 Å². The van der Waals surface area contributed by atoms with E-state index in [9.17, 15) is 9.90 Å². The van der Waals surface area contributed by atoms with Crippen LogP contribution in [0.15, 0.2) is 29.2 Å². The first kappa shape index (κ1) is 11.5. The largest absolute Gasteiger partial charge is 0.481 e. The Kier molecular flexibility index (Phi) is 2.98. The summed E-state index contributed by atoms with van der Waals surface area (Å²) >= 11 is 1.78. The van der Waals surface area contributed by atoms with E-state index in [4.69, 9.17) is 0 Å². The van der Waals surface area contributed by atoms with Gasteiger partial charge in [0.25, 0.3) is 0 Å². The second-order valence-electron chi connectivity index (χ2n) is 4.58. The van der Waals surface area contributed by atoms with E-state index in [0.29, 0.717) is 5.25 Å². The van der Waals surface area contributed by atoms with Crippen LogP contribution in [-0.4, -0.2) is 16.3 Å². The number of rotatable bonds is 4. The third-order valence-corrected chi connectivity index (χ3v) is 3.92. The van der Waals surface area contributed by atoms with Crippen LogP contribution < -0.4 is 0 Å². The maximum Gasteiger partial charge on any atom is 0.314 e. The summed E-state index contributed by atoms with van der Waals surface area (Å²) in [6.07, 6.45) is 1.55. The lowest BCUT2D eigenvalue weighted by molar-refractivity contribution is -0.140. The highest BCUT2D eigenvalue weighted by Crippen LogP contribution is 2.49. The molecule has 0 saturated heterocycles. The Labute approximate surface area is 100 Å². The summed E-state index contributed by atoms with van der Waals surface area (Å²) in [5.74, 6) is -0.681. The van der Waals surface area contributed by atoms with Crippen molar-refractivity contribution >= 4 is 17.7 Å². The Balaban J connectivity index is 2.26. The van der Waals surface area contributed by atoms with E-state index in [1.165, 1.54) is 4.90 Å². The first-order chi connectivity index (χ1) is 7.54. The van der Waals surface area contributed by atoms with Crippen molar-refractivity contribution in [1.29, 1.82) is 0 Å². The van der Waals surface area contributed by atoms with Crippen molar-refractivity contribution in [2.75, 3.05) is 0 Å². The first-order valence-electron chi connectivity index (χ1n) is 5.55. The van der Waals surface area contributed by atoms with Gasteiger partial charge in [-0.15, -0.1) is 11.8 Å². The van der Waals surface area contributed by atoms with E-state index < -0.39 is 11.4 Å². The van der Waals surface area contributed by atoms with Gasteiger partial charge in [0.05, 0.1) is 5.41 Å². The van der Waals surface area contributed by atoms with E-state index in [1.807, 2.05) is 24.3 Å². The van der Waals surface area contributed by atoms with Crippen molar-refractivity contribution in [3.05, 3.63) is 29.8 Å². The molecule has 0 aromatic heterocycles. The number of hydrogen-bond acceptors (Lipinski definition) is 2. The summed E-state index contributed by atoms with van der Waals surface area (Å²) < 4.78 is 0. The van der Waals surface area contributed by atoms with Gasteiger partial charge in [-0.1, -0.05) is 26.0 Å². The highest BCUT2D eigenvalue weighted by atomic mass is 32.2. The van der Waals surface area contributed by atoms with Gasteiger partial charge in [0.1, 0.15) is 0 Å². The fourth-order valence-electron chi connectivity index (χ4n) is 1.89. The predicted octanol–water partition coefficient (Wildman–Crippen LogP) is 3.30. The minimum absolute atomic E-state index is 0.523. The molecule has 0 bridgehead atoms. The van der Waals surface area contributed by atoms with Gasteiger partial charge in [0, 0.05) is 10.1 Å². The van der Waals surface area contributed by atoms with Crippen LogP contribution in [0.2, 0.25) is 0 Å². The van der Waals surface area contributed by atoms with Crippen LogP contribution in [0.4, 0.5) is 0 Å². The van der Waals surface area contributed by atoms with Gasteiger partial charge in [-0.3, -0.25) is 4.79 Å². The number of thioether (sulfide) groups is 1. The monoisotopic (exact) mass is 236 g/mol. The van der Waals surface area contributed by atoms with Crippen molar-refractivity contribution in [3.63, 3.8) is 0 Å². The second-order valence-corrected chi connectivity index (χ2v) is 6.23. The topological polar surface area (TPSA) is 37.3 Å². The Morgan fingerprint density at radius 3 is 2.62 bits per heavy atom. The number of benzene rings is 1. The van der Waals surface area contributed by atoms with E-state index in [1.54, 1.807) is 11.8 Å². The molecule has 1 aliphatic carbocycles. The molecule has 0 aliphatic heterocycles. The third-order valence-electron chi connectivity index (χ3n) is 2.92. The van der Waals surface area contributed by atoms with Gasteiger partial charge in [-0.2, -0.15) is 0 Å². The van der Waals surface area contributed by atoms with Crippen molar-refractivity contribution < 1.29 is 9.90 Å². The molecule has 86 valence electrons. The van der Waals surface area contributed by atoms with Crippen LogP contribution in [0, 0.1) is 0 Å². The first-order valence-corrected chi connectivity index (χ1v) is 6.43. The van der Waals surface area contributed by atoms with Crippen LogP contribution in [0.25, 0.3) is 0 Å². The SMILES string of the molecule is CC(C)Sc1cccc(C2(C(=O)O)CC2)c1. The van der Waals surface area contributed by atoms with Gasteiger partial charge in [-0.05, 0) is 30.5 Å². The van der Waals surface area contributed by atoms with Gasteiger partial charge in [0.15, 0.2) is 0 Å². The Morgan fingerprint density at radius 1 is 1.44 bits per heavy atom. The number of aliphatic carboxylic acids is 1. The van der Waals surface area contributed by atoms with Crippen molar-refractivity contribution in [1.82, 2.24) is 0 Å². The number of carbonyl (C=O) groups is 1. The molecular formula is C13H16O2S. The minimum atomic E-state index is -0.681.